The Bertz CT molecular complexity index is 2260. The summed E-state index contributed by atoms with van der Waals surface area (Å²) in [6.45, 7) is 15.0. The fourth-order valence-corrected chi connectivity index (χ4v) is 13.0. The minimum Gasteiger partial charge on any atom is -0.393 e. The Morgan fingerprint density at radius 1 is 0.938 bits per heavy atom. The van der Waals surface area contributed by atoms with Crippen LogP contribution in [0.4, 0.5) is 8.78 Å². The number of hydrogen-bond acceptors (Lipinski definition) is 12. The van der Waals surface area contributed by atoms with Crippen molar-refractivity contribution in [2.24, 2.45) is 11.8 Å². The zero-order valence-electron chi connectivity index (χ0n) is 37.0. The summed E-state index contributed by atoms with van der Waals surface area (Å²) in [7, 11) is -5.27. The highest BCUT2D eigenvalue weighted by molar-refractivity contribution is 8.13. The number of thiophene rings is 1. The SMILES string of the molecule is [C-]#[N+][C@@H]1CN(C(=O)[C@@H]2CC[C@@H]3CC[C@H](O)C[C@H](NC(=O)c4cc5cc(C(F)(F)P(=O)(OCCSC(=O)CC(C)C)OCCSC(=O)CC(C)C)ccc5s4)C(=O)N32)C[C@H]1c1ccccc1. The molecule has 65 heavy (non-hydrogen) atoms. The fourth-order valence-electron chi connectivity index (χ4n) is 8.59. The molecule has 0 spiro atoms. The van der Waals surface area contributed by atoms with Gasteiger partial charge in [0, 0.05) is 53.6 Å². The van der Waals surface area contributed by atoms with E-state index in [1.165, 1.54) is 12.1 Å². The number of carbonyl (C=O) groups excluding carboxylic acids is 5. The molecule has 3 aromatic rings. The fraction of sp³-hybridized carbons (Fsp3) is 0.565. The number of rotatable bonds is 18. The molecule has 352 valence electrons. The smallest absolute Gasteiger partial charge is 0.393 e. The van der Waals surface area contributed by atoms with Crippen molar-refractivity contribution in [2.75, 3.05) is 37.8 Å². The lowest BCUT2D eigenvalue weighted by molar-refractivity contribution is -0.147. The summed E-state index contributed by atoms with van der Waals surface area (Å²) in [5, 5.41) is 13.6. The molecule has 19 heteroatoms. The molecule has 1 aromatic heterocycles. The number of halogens is 2. The van der Waals surface area contributed by atoms with Crippen molar-refractivity contribution in [2.45, 2.75) is 114 Å². The summed E-state index contributed by atoms with van der Waals surface area (Å²) in [5.74, 6) is -1.47. The van der Waals surface area contributed by atoms with Crippen LogP contribution >= 0.6 is 42.5 Å². The summed E-state index contributed by atoms with van der Waals surface area (Å²) in [5.41, 5.74) is -3.91. The van der Waals surface area contributed by atoms with Crippen LogP contribution in [0.25, 0.3) is 14.9 Å². The molecule has 0 unspecified atom stereocenters. The number of fused-ring (bicyclic) bond motifs is 2. The van der Waals surface area contributed by atoms with Crippen LogP contribution in [0.2, 0.25) is 0 Å². The number of aliphatic hydroxyl groups excluding tert-OH is 1. The van der Waals surface area contributed by atoms with Gasteiger partial charge in [-0.3, -0.25) is 28.5 Å². The van der Waals surface area contributed by atoms with Gasteiger partial charge in [-0.1, -0.05) is 87.6 Å². The van der Waals surface area contributed by atoms with Gasteiger partial charge in [0.1, 0.15) is 12.1 Å². The Balaban J connectivity index is 1.17. The van der Waals surface area contributed by atoms with Gasteiger partial charge in [-0.15, -0.1) is 11.3 Å². The van der Waals surface area contributed by atoms with Gasteiger partial charge < -0.3 is 34.1 Å². The molecule has 2 aromatic carbocycles. The van der Waals surface area contributed by atoms with E-state index in [0.717, 1.165) is 52.6 Å². The van der Waals surface area contributed by atoms with Crippen LogP contribution in [0.3, 0.4) is 0 Å². The average molecular weight is 975 g/mol. The number of amides is 3. The number of hydrogen-bond donors (Lipinski definition) is 2. The van der Waals surface area contributed by atoms with Crippen LogP contribution in [-0.4, -0.2) is 111 Å². The van der Waals surface area contributed by atoms with E-state index in [1.54, 1.807) is 9.80 Å². The summed E-state index contributed by atoms with van der Waals surface area (Å²) in [6.07, 6.45) is 1.32. The first kappa shape index (κ1) is 50.7. The van der Waals surface area contributed by atoms with Gasteiger partial charge in [0.15, 0.2) is 10.2 Å². The number of thioether (sulfide) groups is 2. The lowest BCUT2D eigenvalue weighted by Gasteiger charge is -2.37. The van der Waals surface area contributed by atoms with E-state index in [4.69, 9.17) is 15.6 Å². The van der Waals surface area contributed by atoms with E-state index < -0.39 is 68.1 Å². The molecule has 3 aliphatic heterocycles. The van der Waals surface area contributed by atoms with E-state index in [1.807, 2.05) is 58.0 Å². The monoisotopic (exact) mass is 974 g/mol. The molecule has 3 aliphatic rings. The molecule has 0 saturated carbocycles. The minimum absolute atomic E-state index is 0.0358. The number of carbonyl (C=O) groups is 5. The minimum atomic E-state index is -5.27. The van der Waals surface area contributed by atoms with Crippen molar-refractivity contribution < 1.29 is 51.5 Å². The third-order valence-electron chi connectivity index (χ3n) is 11.8. The van der Waals surface area contributed by atoms with E-state index >= 15 is 8.78 Å². The van der Waals surface area contributed by atoms with Gasteiger partial charge in [-0.25, -0.2) is 6.57 Å². The van der Waals surface area contributed by atoms with Crippen molar-refractivity contribution in [3.05, 3.63) is 82.0 Å². The topological polar surface area (TPSA) is 164 Å². The van der Waals surface area contributed by atoms with Crippen molar-refractivity contribution >= 4 is 80.5 Å². The van der Waals surface area contributed by atoms with Crippen LogP contribution < -0.4 is 5.32 Å². The molecule has 6 rings (SSSR count). The van der Waals surface area contributed by atoms with Crippen LogP contribution in [0.1, 0.15) is 99.4 Å². The quantitative estimate of drug-likeness (QED) is 0.0712. The Morgan fingerprint density at radius 2 is 1.57 bits per heavy atom. The molecular formula is C46H57F2N4O9PS3. The van der Waals surface area contributed by atoms with Gasteiger partial charge in [-0.05, 0) is 66.7 Å². The molecule has 6 atom stereocenters. The first-order valence-corrected chi connectivity index (χ1v) is 26.4. The zero-order valence-corrected chi connectivity index (χ0v) is 40.3. The van der Waals surface area contributed by atoms with Crippen molar-refractivity contribution in [1.82, 2.24) is 15.1 Å². The number of nitrogens with one attached hydrogen (secondary N) is 1. The van der Waals surface area contributed by atoms with E-state index in [0.29, 0.717) is 36.9 Å². The summed E-state index contributed by atoms with van der Waals surface area (Å²) in [4.78, 5) is 74.1. The first-order valence-electron chi connectivity index (χ1n) is 22.0. The third kappa shape index (κ3) is 12.5. The molecule has 3 amide bonds. The van der Waals surface area contributed by atoms with Crippen molar-refractivity contribution in [1.29, 1.82) is 0 Å². The second-order valence-electron chi connectivity index (χ2n) is 17.6. The standard InChI is InChI=1S/C46H57F2N4O9PS3/c1-28(2)21-41(54)63-19-17-60-62(59,61-18-20-64-42(55)22-29(3)4)46(47,48)32-11-16-39-31(23-32)24-40(65-39)43(56)50-36-25-34(53)14-12-33-13-15-38(52(33)44(36)57)45(58)51-26-35(37(27-51)49-5)30-9-7-6-8-10-30/h6-11,16,23-24,28-29,33-38,53H,12-15,17-22,25-27H2,1-4H3,(H,50,56)/t33-,34-,35-,36-,37+,38-/m0/s1. The van der Waals surface area contributed by atoms with Crippen LogP contribution in [0, 0.1) is 18.4 Å². The van der Waals surface area contributed by atoms with Gasteiger partial charge in [-0.2, -0.15) is 8.78 Å². The summed E-state index contributed by atoms with van der Waals surface area (Å²) in [6, 6.07) is 11.7. The number of likely N-dealkylation sites (tertiary alicyclic amines) is 1. The Labute approximate surface area is 391 Å². The van der Waals surface area contributed by atoms with E-state index in [2.05, 4.69) is 10.2 Å². The summed E-state index contributed by atoms with van der Waals surface area (Å²) >= 11 is 2.77. The predicted octanol–water partition coefficient (Wildman–Crippen LogP) is 8.71. The molecule has 0 radical (unpaired) electrons. The van der Waals surface area contributed by atoms with Crippen LogP contribution in [0.5, 0.6) is 0 Å². The van der Waals surface area contributed by atoms with Crippen LogP contribution in [-0.2, 0) is 38.5 Å². The number of alkyl halides is 2. The highest BCUT2D eigenvalue weighted by Gasteiger charge is 2.55. The van der Waals surface area contributed by atoms with Gasteiger partial charge in [0.05, 0.1) is 36.7 Å². The molecular weight excluding hydrogens is 918 g/mol. The van der Waals surface area contributed by atoms with Gasteiger partial charge in [0.25, 0.3) is 5.91 Å². The zero-order chi connectivity index (χ0) is 47.1. The highest BCUT2D eigenvalue weighted by Crippen LogP contribution is 2.67. The maximum absolute atomic E-state index is 16.5. The second kappa shape index (κ2) is 22.4. The number of aliphatic hydroxyl groups is 1. The lowest BCUT2D eigenvalue weighted by atomic mass is 9.95. The first-order chi connectivity index (χ1) is 30.9. The molecule has 3 fully saturated rings. The van der Waals surface area contributed by atoms with Crippen molar-refractivity contribution in [3.8, 4) is 0 Å². The maximum Gasteiger partial charge on any atom is 0.404 e. The number of benzene rings is 2. The molecule has 0 bridgehead atoms. The van der Waals surface area contributed by atoms with Gasteiger partial charge >= 0.3 is 13.3 Å². The largest absolute Gasteiger partial charge is 0.404 e. The predicted molar refractivity (Wildman–Crippen MR) is 250 cm³/mol. The van der Waals surface area contributed by atoms with E-state index in [-0.39, 0.29) is 87.5 Å². The molecule has 2 N–H and O–H groups in total. The van der Waals surface area contributed by atoms with E-state index in [9.17, 15) is 33.6 Å². The second-order valence-corrected chi connectivity index (χ2v) is 23.1. The lowest BCUT2D eigenvalue weighted by Crippen LogP contribution is -2.57. The van der Waals surface area contributed by atoms with Crippen LogP contribution in [0.15, 0.2) is 54.6 Å². The third-order valence-corrected chi connectivity index (χ3v) is 16.6. The molecule has 4 heterocycles. The Morgan fingerprint density at radius 3 is 2.18 bits per heavy atom. The molecule has 13 nitrogen and oxygen atoms in total. The molecule has 0 aliphatic carbocycles. The Kier molecular flexibility index (Phi) is 17.5. The maximum atomic E-state index is 16.5. The normalized spacial score (nSPS) is 22.8. The average Bonchev–Trinajstić information content (AvgIpc) is 4.01. The van der Waals surface area contributed by atoms with Crippen molar-refractivity contribution in [3.63, 3.8) is 0 Å². The summed E-state index contributed by atoms with van der Waals surface area (Å²) < 4.78 is 58.1. The highest BCUT2D eigenvalue weighted by atomic mass is 32.2. The van der Waals surface area contributed by atoms with Gasteiger partial charge in [0.2, 0.25) is 17.9 Å². The Hall–Kier alpha value is -3.69. The molecule has 3 saturated heterocycles. The number of nitrogens with zero attached hydrogens (tertiary/aromatic N) is 3.